The Labute approximate surface area is 119 Å². The Morgan fingerprint density at radius 2 is 2.15 bits per heavy atom. The molecule has 0 bridgehead atoms. The summed E-state index contributed by atoms with van der Waals surface area (Å²) in [6, 6.07) is 7.94. The molecule has 2 aromatic heterocycles. The molecule has 5 nitrogen and oxygen atoms in total. The molecule has 0 aliphatic heterocycles. The lowest BCUT2D eigenvalue weighted by Gasteiger charge is -2.14. The molecule has 0 aliphatic rings. The van der Waals surface area contributed by atoms with E-state index in [1.165, 1.54) is 12.4 Å². The first kappa shape index (κ1) is 12.7. The minimum atomic E-state index is -0.155. The molecular formula is C14H12N4OS. The number of para-hydroxylation sites is 1. The normalized spacial score (nSPS) is 10.7. The van der Waals surface area contributed by atoms with E-state index in [2.05, 4.69) is 15.0 Å². The van der Waals surface area contributed by atoms with Crippen LogP contribution in [0.15, 0.2) is 42.9 Å². The summed E-state index contributed by atoms with van der Waals surface area (Å²) in [6.45, 7) is 0.467. The van der Waals surface area contributed by atoms with E-state index < -0.39 is 0 Å². The van der Waals surface area contributed by atoms with Crippen LogP contribution in [0.5, 0.6) is 0 Å². The van der Waals surface area contributed by atoms with Gasteiger partial charge in [-0.3, -0.25) is 9.78 Å². The highest BCUT2D eigenvalue weighted by atomic mass is 32.1. The van der Waals surface area contributed by atoms with Crippen LogP contribution in [0.4, 0.5) is 0 Å². The summed E-state index contributed by atoms with van der Waals surface area (Å²) < 4.78 is 1.13. The predicted molar refractivity (Wildman–Crippen MR) is 77.4 cm³/mol. The molecule has 0 atom stereocenters. The van der Waals surface area contributed by atoms with Crippen molar-refractivity contribution in [2.45, 2.75) is 6.54 Å². The van der Waals surface area contributed by atoms with Gasteiger partial charge in [-0.2, -0.15) is 0 Å². The zero-order chi connectivity index (χ0) is 13.9. The third-order valence-electron chi connectivity index (χ3n) is 2.84. The maximum absolute atomic E-state index is 12.2. The number of benzene rings is 1. The van der Waals surface area contributed by atoms with Gasteiger partial charge in [-0.15, -0.1) is 11.3 Å². The zero-order valence-electron chi connectivity index (χ0n) is 10.9. The maximum atomic E-state index is 12.2. The number of carbonyl (C=O) groups excluding carboxylic acids is 1. The van der Waals surface area contributed by atoms with Crippen molar-refractivity contribution in [3.8, 4) is 0 Å². The average Bonchev–Trinajstić information content (AvgIpc) is 2.89. The first-order chi connectivity index (χ1) is 9.74. The van der Waals surface area contributed by atoms with Crippen LogP contribution in [0, 0.1) is 0 Å². The maximum Gasteiger partial charge on any atom is 0.274 e. The SMILES string of the molecule is CN(Cc1nc2ccccc2s1)C(=O)c1cnccn1. The number of fused-ring (bicyclic) bond motifs is 1. The fourth-order valence-corrected chi connectivity index (χ4v) is 2.89. The first-order valence-electron chi connectivity index (χ1n) is 6.10. The van der Waals surface area contributed by atoms with Crippen molar-refractivity contribution in [1.82, 2.24) is 19.9 Å². The molecule has 20 heavy (non-hydrogen) atoms. The summed E-state index contributed by atoms with van der Waals surface area (Å²) in [4.78, 5) is 26.2. The number of carbonyl (C=O) groups is 1. The van der Waals surface area contributed by atoms with Crippen molar-refractivity contribution in [2.75, 3.05) is 7.05 Å². The number of hydrogen-bond acceptors (Lipinski definition) is 5. The molecule has 0 spiro atoms. The average molecular weight is 284 g/mol. The fraction of sp³-hybridized carbons (Fsp3) is 0.143. The highest BCUT2D eigenvalue weighted by molar-refractivity contribution is 7.18. The van der Waals surface area contributed by atoms with E-state index in [0.717, 1.165) is 15.2 Å². The molecule has 6 heteroatoms. The molecule has 0 radical (unpaired) electrons. The van der Waals surface area contributed by atoms with Crippen LogP contribution in [0.25, 0.3) is 10.2 Å². The molecule has 0 unspecified atom stereocenters. The van der Waals surface area contributed by atoms with Gasteiger partial charge in [-0.25, -0.2) is 9.97 Å². The van der Waals surface area contributed by atoms with E-state index >= 15 is 0 Å². The van der Waals surface area contributed by atoms with Gasteiger partial charge in [0, 0.05) is 19.4 Å². The van der Waals surface area contributed by atoms with Gasteiger partial charge in [-0.1, -0.05) is 12.1 Å². The lowest BCUT2D eigenvalue weighted by Crippen LogP contribution is -2.27. The lowest BCUT2D eigenvalue weighted by atomic mass is 10.3. The zero-order valence-corrected chi connectivity index (χ0v) is 11.7. The van der Waals surface area contributed by atoms with Crippen molar-refractivity contribution in [1.29, 1.82) is 0 Å². The predicted octanol–water partition coefficient (Wildman–Crippen LogP) is 2.36. The first-order valence-corrected chi connectivity index (χ1v) is 6.91. The Bertz CT molecular complexity index is 708. The van der Waals surface area contributed by atoms with Crippen molar-refractivity contribution >= 4 is 27.5 Å². The van der Waals surface area contributed by atoms with E-state index in [1.807, 2.05) is 24.3 Å². The summed E-state index contributed by atoms with van der Waals surface area (Å²) in [6.07, 6.45) is 4.53. The van der Waals surface area contributed by atoms with Crippen LogP contribution >= 0.6 is 11.3 Å². The van der Waals surface area contributed by atoms with Crippen molar-refractivity contribution in [3.63, 3.8) is 0 Å². The van der Waals surface area contributed by atoms with Crippen LogP contribution in [0.3, 0.4) is 0 Å². The molecular weight excluding hydrogens is 272 g/mol. The fourth-order valence-electron chi connectivity index (χ4n) is 1.87. The summed E-state index contributed by atoms with van der Waals surface area (Å²) >= 11 is 1.60. The Balaban J connectivity index is 1.78. The largest absolute Gasteiger partial charge is 0.334 e. The second-order valence-electron chi connectivity index (χ2n) is 4.33. The molecule has 1 amide bonds. The van der Waals surface area contributed by atoms with Gasteiger partial charge >= 0.3 is 0 Å². The van der Waals surface area contributed by atoms with Gasteiger partial charge in [0.05, 0.1) is 23.0 Å². The highest BCUT2D eigenvalue weighted by Crippen LogP contribution is 2.22. The van der Waals surface area contributed by atoms with E-state index in [9.17, 15) is 4.79 Å². The summed E-state index contributed by atoms with van der Waals surface area (Å²) in [5, 5.41) is 0.908. The van der Waals surface area contributed by atoms with E-state index in [1.54, 1.807) is 29.5 Å². The van der Waals surface area contributed by atoms with Crippen LogP contribution in [0.1, 0.15) is 15.5 Å². The van der Waals surface area contributed by atoms with Crippen molar-refractivity contribution in [3.05, 3.63) is 53.6 Å². The molecule has 0 N–H and O–H groups in total. The van der Waals surface area contributed by atoms with Crippen LogP contribution < -0.4 is 0 Å². The molecule has 3 rings (SSSR count). The van der Waals surface area contributed by atoms with Crippen molar-refractivity contribution < 1.29 is 4.79 Å². The third-order valence-corrected chi connectivity index (χ3v) is 3.86. The lowest BCUT2D eigenvalue weighted by molar-refractivity contribution is 0.0778. The van der Waals surface area contributed by atoms with Crippen LogP contribution in [-0.2, 0) is 6.54 Å². The molecule has 2 heterocycles. The molecule has 0 fully saturated rings. The van der Waals surface area contributed by atoms with E-state index in [0.29, 0.717) is 12.2 Å². The van der Waals surface area contributed by atoms with Gasteiger partial charge in [0.15, 0.2) is 0 Å². The number of aromatic nitrogens is 3. The second kappa shape index (κ2) is 5.34. The number of thiazole rings is 1. The molecule has 1 aromatic carbocycles. The van der Waals surface area contributed by atoms with Gasteiger partial charge in [0.1, 0.15) is 10.7 Å². The van der Waals surface area contributed by atoms with E-state index in [4.69, 9.17) is 0 Å². The molecule has 3 aromatic rings. The summed E-state index contributed by atoms with van der Waals surface area (Å²) in [7, 11) is 1.74. The van der Waals surface area contributed by atoms with Crippen molar-refractivity contribution in [2.24, 2.45) is 0 Å². The minimum Gasteiger partial charge on any atom is -0.334 e. The number of nitrogens with zero attached hydrogens (tertiary/aromatic N) is 4. The second-order valence-corrected chi connectivity index (χ2v) is 5.44. The Morgan fingerprint density at radius 3 is 2.90 bits per heavy atom. The topological polar surface area (TPSA) is 59.0 Å². The van der Waals surface area contributed by atoms with E-state index in [-0.39, 0.29) is 5.91 Å². The van der Waals surface area contributed by atoms with Gasteiger partial charge in [-0.05, 0) is 12.1 Å². The smallest absolute Gasteiger partial charge is 0.274 e. The Morgan fingerprint density at radius 1 is 1.30 bits per heavy atom. The van der Waals surface area contributed by atoms with Gasteiger partial charge < -0.3 is 4.90 Å². The summed E-state index contributed by atoms with van der Waals surface area (Å²) in [5.74, 6) is -0.155. The number of hydrogen-bond donors (Lipinski definition) is 0. The van der Waals surface area contributed by atoms with Crippen LogP contribution in [-0.4, -0.2) is 32.8 Å². The highest BCUT2D eigenvalue weighted by Gasteiger charge is 2.15. The Hall–Kier alpha value is -2.34. The standard InChI is InChI=1S/C14H12N4OS/c1-18(14(19)11-8-15-6-7-16-11)9-13-17-10-4-2-3-5-12(10)20-13/h2-8H,9H2,1H3. The number of rotatable bonds is 3. The van der Waals surface area contributed by atoms with Gasteiger partial charge in [0.25, 0.3) is 5.91 Å². The monoisotopic (exact) mass is 284 g/mol. The number of amides is 1. The summed E-state index contributed by atoms with van der Waals surface area (Å²) in [5.41, 5.74) is 1.31. The Kier molecular flexibility index (Phi) is 3.39. The third kappa shape index (κ3) is 2.50. The van der Waals surface area contributed by atoms with Crippen LogP contribution in [0.2, 0.25) is 0 Å². The minimum absolute atomic E-state index is 0.155. The molecule has 0 saturated heterocycles. The molecule has 0 saturated carbocycles. The van der Waals surface area contributed by atoms with Gasteiger partial charge in [0.2, 0.25) is 0 Å². The molecule has 0 aliphatic carbocycles. The molecule has 100 valence electrons. The quantitative estimate of drug-likeness (QED) is 0.741.